The zero-order valence-corrected chi connectivity index (χ0v) is 15.2. The first kappa shape index (κ1) is 16.6. The Balaban J connectivity index is 1.88. The monoisotopic (exact) mass is 434 g/mol. The van der Waals surface area contributed by atoms with Gasteiger partial charge in [-0.05, 0) is 59.3 Å². The highest BCUT2D eigenvalue weighted by Crippen LogP contribution is 2.25. The molecule has 0 bridgehead atoms. The number of hydrogen-bond acceptors (Lipinski definition) is 3. The fraction of sp³-hybridized carbons (Fsp3) is 0.167. The third kappa shape index (κ3) is 2.93. The molecule has 2 aromatic carbocycles. The molecule has 0 unspecified atom stereocenters. The number of imide groups is 1. The van der Waals surface area contributed by atoms with Gasteiger partial charge in [-0.15, -0.1) is 0 Å². The number of carbonyl (C=O) groups is 3. The molecule has 1 aliphatic heterocycles. The first-order valence-electron chi connectivity index (χ1n) is 7.59. The third-order valence-electron chi connectivity index (χ3n) is 3.80. The number of benzene rings is 2. The summed E-state index contributed by atoms with van der Waals surface area (Å²) < 4.78 is 0.921. The van der Waals surface area contributed by atoms with Crippen molar-refractivity contribution in [2.45, 2.75) is 13.3 Å². The Morgan fingerprint density at radius 3 is 2.50 bits per heavy atom. The van der Waals surface area contributed by atoms with Gasteiger partial charge < -0.3 is 5.32 Å². The average Bonchev–Trinajstić information content (AvgIpc) is 2.82. The van der Waals surface area contributed by atoms with E-state index in [0.29, 0.717) is 35.3 Å². The van der Waals surface area contributed by atoms with Crippen LogP contribution in [0, 0.1) is 3.57 Å². The highest BCUT2D eigenvalue weighted by atomic mass is 127. The van der Waals surface area contributed by atoms with E-state index >= 15 is 0 Å². The van der Waals surface area contributed by atoms with Crippen molar-refractivity contribution in [1.29, 1.82) is 0 Å². The lowest BCUT2D eigenvalue weighted by Gasteiger charge is -2.11. The van der Waals surface area contributed by atoms with Crippen LogP contribution in [0.25, 0.3) is 0 Å². The second-order valence-electron chi connectivity index (χ2n) is 5.46. The molecule has 0 fully saturated rings. The molecule has 0 radical (unpaired) electrons. The Morgan fingerprint density at radius 1 is 1.08 bits per heavy atom. The molecule has 2 aromatic rings. The summed E-state index contributed by atoms with van der Waals surface area (Å²) >= 11 is 2.14. The van der Waals surface area contributed by atoms with E-state index in [1.165, 1.54) is 11.0 Å². The number of nitrogens with zero attached hydrogens (tertiary/aromatic N) is 1. The molecular formula is C18H15IN2O3. The number of nitrogens with one attached hydrogen (secondary N) is 1. The minimum Gasteiger partial charge on any atom is -0.321 e. The second kappa shape index (κ2) is 6.72. The number of carbonyl (C=O) groups excluding carboxylic acids is 3. The topological polar surface area (TPSA) is 66.5 Å². The number of amides is 3. The van der Waals surface area contributed by atoms with Crippen molar-refractivity contribution in [2.24, 2.45) is 0 Å². The Kier molecular flexibility index (Phi) is 4.66. The fourth-order valence-corrected chi connectivity index (χ4v) is 3.14. The Labute approximate surface area is 153 Å². The lowest BCUT2D eigenvalue weighted by molar-refractivity contribution is 0.0654. The highest BCUT2D eigenvalue weighted by molar-refractivity contribution is 14.1. The van der Waals surface area contributed by atoms with E-state index < -0.39 is 0 Å². The van der Waals surface area contributed by atoms with Crippen LogP contribution in [0.5, 0.6) is 0 Å². The Hall–Kier alpha value is -2.22. The molecule has 24 heavy (non-hydrogen) atoms. The molecule has 122 valence electrons. The molecule has 0 aromatic heterocycles. The predicted octanol–water partition coefficient (Wildman–Crippen LogP) is 3.55. The minimum absolute atomic E-state index is 0.290. The predicted molar refractivity (Wildman–Crippen MR) is 99.2 cm³/mol. The van der Waals surface area contributed by atoms with Crippen LogP contribution in [0.2, 0.25) is 0 Å². The van der Waals surface area contributed by atoms with Gasteiger partial charge in [-0.2, -0.15) is 0 Å². The third-order valence-corrected chi connectivity index (χ3v) is 4.74. The number of halogens is 1. The van der Waals surface area contributed by atoms with Crippen LogP contribution < -0.4 is 5.32 Å². The normalized spacial score (nSPS) is 13.2. The molecule has 0 saturated heterocycles. The van der Waals surface area contributed by atoms with Crippen molar-refractivity contribution >= 4 is 46.0 Å². The number of fused-ring (bicyclic) bond motifs is 1. The first-order chi connectivity index (χ1) is 11.5. The second-order valence-corrected chi connectivity index (χ2v) is 6.62. The summed E-state index contributed by atoms with van der Waals surface area (Å²) in [5.41, 5.74) is 1.72. The molecule has 0 aliphatic carbocycles. The molecule has 1 heterocycles. The van der Waals surface area contributed by atoms with E-state index in [1.54, 1.807) is 12.1 Å². The first-order valence-corrected chi connectivity index (χ1v) is 8.67. The highest BCUT2D eigenvalue weighted by Gasteiger charge is 2.35. The molecular weight excluding hydrogens is 419 g/mol. The summed E-state index contributed by atoms with van der Waals surface area (Å²) in [6.07, 6.45) is 0.700. The SMILES string of the molecule is CCCN1C(=O)c2ccc(C(=O)Nc3ccccc3I)cc2C1=O. The van der Waals surface area contributed by atoms with E-state index in [1.807, 2.05) is 31.2 Å². The van der Waals surface area contributed by atoms with Crippen molar-refractivity contribution in [3.05, 3.63) is 62.7 Å². The summed E-state index contributed by atoms with van der Waals surface area (Å²) in [5.74, 6) is -0.932. The molecule has 5 nitrogen and oxygen atoms in total. The van der Waals surface area contributed by atoms with Gasteiger partial charge in [-0.3, -0.25) is 19.3 Å². The number of rotatable bonds is 4. The van der Waals surface area contributed by atoms with E-state index in [0.717, 1.165) is 3.57 Å². The molecule has 3 rings (SSSR count). The van der Waals surface area contributed by atoms with Gasteiger partial charge in [-0.1, -0.05) is 19.1 Å². The van der Waals surface area contributed by atoms with E-state index in [2.05, 4.69) is 27.9 Å². The van der Waals surface area contributed by atoms with Gasteiger partial charge in [0.2, 0.25) is 0 Å². The largest absolute Gasteiger partial charge is 0.321 e. The van der Waals surface area contributed by atoms with Crippen LogP contribution in [0.15, 0.2) is 42.5 Å². The maximum absolute atomic E-state index is 12.4. The standard InChI is InChI=1S/C18H15IN2O3/c1-2-9-21-17(23)12-8-7-11(10-13(12)18(21)24)16(22)20-15-6-4-3-5-14(15)19/h3-8,10H,2,9H2,1H3,(H,20,22). The molecule has 0 spiro atoms. The quantitative estimate of drug-likeness (QED) is 0.592. The summed E-state index contributed by atoms with van der Waals surface area (Å²) in [7, 11) is 0. The van der Waals surface area contributed by atoms with Crippen molar-refractivity contribution in [3.63, 3.8) is 0 Å². The van der Waals surface area contributed by atoms with Gasteiger partial charge >= 0.3 is 0 Å². The van der Waals surface area contributed by atoms with Gasteiger partial charge in [0.25, 0.3) is 17.7 Å². The molecule has 6 heteroatoms. The minimum atomic E-state index is -0.333. The van der Waals surface area contributed by atoms with Crippen LogP contribution in [0.3, 0.4) is 0 Å². The van der Waals surface area contributed by atoms with Gasteiger partial charge in [0.05, 0.1) is 16.8 Å². The van der Waals surface area contributed by atoms with Gasteiger partial charge in [0.15, 0.2) is 0 Å². The fourth-order valence-electron chi connectivity index (χ4n) is 2.62. The van der Waals surface area contributed by atoms with Gasteiger partial charge in [0.1, 0.15) is 0 Å². The van der Waals surface area contributed by atoms with Crippen molar-refractivity contribution < 1.29 is 14.4 Å². The zero-order chi connectivity index (χ0) is 17.3. The summed E-state index contributed by atoms with van der Waals surface area (Å²) in [4.78, 5) is 38.2. The van der Waals surface area contributed by atoms with Crippen LogP contribution in [-0.4, -0.2) is 29.2 Å². The van der Waals surface area contributed by atoms with Crippen LogP contribution >= 0.6 is 22.6 Å². The summed E-state index contributed by atoms with van der Waals surface area (Å²) in [5, 5.41) is 2.82. The Morgan fingerprint density at radius 2 is 1.79 bits per heavy atom. The van der Waals surface area contributed by atoms with Crippen LogP contribution in [0.4, 0.5) is 5.69 Å². The van der Waals surface area contributed by atoms with Gasteiger partial charge in [0, 0.05) is 15.7 Å². The lowest BCUT2D eigenvalue weighted by atomic mass is 10.1. The lowest BCUT2D eigenvalue weighted by Crippen LogP contribution is -2.30. The zero-order valence-electron chi connectivity index (χ0n) is 13.0. The number of para-hydroxylation sites is 1. The molecule has 1 aliphatic rings. The van der Waals surface area contributed by atoms with Crippen LogP contribution in [-0.2, 0) is 0 Å². The molecule has 0 atom stereocenters. The Bertz CT molecular complexity index is 848. The van der Waals surface area contributed by atoms with Gasteiger partial charge in [-0.25, -0.2) is 0 Å². The van der Waals surface area contributed by atoms with Crippen molar-refractivity contribution in [3.8, 4) is 0 Å². The van der Waals surface area contributed by atoms with Crippen molar-refractivity contribution in [1.82, 2.24) is 4.90 Å². The smallest absolute Gasteiger partial charge is 0.261 e. The maximum atomic E-state index is 12.4. The summed E-state index contributed by atoms with van der Waals surface area (Å²) in [6.45, 7) is 2.29. The molecule has 1 N–H and O–H groups in total. The molecule has 3 amide bonds. The van der Waals surface area contributed by atoms with E-state index in [9.17, 15) is 14.4 Å². The van der Waals surface area contributed by atoms with Crippen LogP contribution in [0.1, 0.15) is 44.4 Å². The number of anilines is 1. The maximum Gasteiger partial charge on any atom is 0.261 e. The van der Waals surface area contributed by atoms with E-state index in [-0.39, 0.29) is 17.7 Å². The van der Waals surface area contributed by atoms with Crippen molar-refractivity contribution in [2.75, 3.05) is 11.9 Å². The molecule has 0 saturated carbocycles. The summed E-state index contributed by atoms with van der Waals surface area (Å²) in [6, 6.07) is 12.1. The average molecular weight is 434 g/mol. The number of hydrogen-bond donors (Lipinski definition) is 1. The van der Waals surface area contributed by atoms with E-state index in [4.69, 9.17) is 0 Å².